The molecule has 1 aromatic heterocycles. The predicted octanol–water partition coefficient (Wildman–Crippen LogP) is 2.20. The van der Waals surface area contributed by atoms with Crippen LogP contribution in [0.1, 0.15) is 0 Å². The zero-order valence-electron chi connectivity index (χ0n) is 8.96. The Labute approximate surface area is 98.4 Å². The van der Waals surface area contributed by atoms with Crippen molar-refractivity contribution in [1.29, 1.82) is 0 Å². The van der Waals surface area contributed by atoms with E-state index in [1.165, 1.54) is 0 Å². The van der Waals surface area contributed by atoms with E-state index in [-0.39, 0.29) is 0 Å². The van der Waals surface area contributed by atoms with Gasteiger partial charge in [0.15, 0.2) is 0 Å². The number of benzene rings is 1. The summed E-state index contributed by atoms with van der Waals surface area (Å²) in [5.74, 6) is 0.484. The van der Waals surface area contributed by atoms with Crippen LogP contribution in [0, 0.1) is 0 Å². The molecule has 0 fully saturated rings. The average molecular weight is 229 g/mol. The number of pyridine rings is 1. The molecular formula is C12H11N3O2. The molecule has 0 spiro atoms. The van der Waals surface area contributed by atoms with Gasteiger partial charge in [0.1, 0.15) is 5.75 Å². The molecule has 2 aromatic rings. The van der Waals surface area contributed by atoms with Crippen molar-refractivity contribution in [3.63, 3.8) is 0 Å². The van der Waals surface area contributed by atoms with Crippen molar-refractivity contribution in [2.24, 2.45) is 0 Å². The predicted molar refractivity (Wildman–Crippen MR) is 63.5 cm³/mol. The molecule has 1 aromatic carbocycles. The van der Waals surface area contributed by atoms with Gasteiger partial charge in [0, 0.05) is 6.20 Å². The summed E-state index contributed by atoms with van der Waals surface area (Å²) in [5.41, 5.74) is 5.75. The Morgan fingerprint density at radius 2 is 1.94 bits per heavy atom. The van der Waals surface area contributed by atoms with Crippen LogP contribution >= 0.6 is 0 Å². The first-order valence-electron chi connectivity index (χ1n) is 5.03. The maximum absolute atomic E-state index is 11.4. The third kappa shape index (κ3) is 3.49. The van der Waals surface area contributed by atoms with E-state index < -0.39 is 6.09 Å². The Morgan fingerprint density at radius 1 is 1.12 bits per heavy atom. The lowest BCUT2D eigenvalue weighted by Gasteiger charge is -2.08. The maximum atomic E-state index is 11.4. The molecule has 1 amide bonds. The summed E-state index contributed by atoms with van der Waals surface area (Å²) in [4.78, 5) is 15.3. The molecule has 0 saturated heterocycles. The number of carbonyl (C=O) groups is 1. The second-order valence-corrected chi connectivity index (χ2v) is 3.19. The first-order valence-corrected chi connectivity index (χ1v) is 5.03. The summed E-state index contributed by atoms with van der Waals surface area (Å²) in [5, 5.41) is 0. The van der Waals surface area contributed by atoms with Crippen LogP contribution in [0.3, 0.4) is 0 Å². The number of hydrazine groups is 1. The van der Waals surface area contributed by atoms with Crippen LogP contribution in [0.4, 0.5) is 10.5 Å². The number of rotatable bonds is 3. The average Bonchev–Trinajstić information content (AvgIpc) is 2.39. The van der Waals surface area contributed by atoms with Crippen molar-refractivity contribution in [3.8, 4) is 5.75 Å². The number of amides is 1. The van der Waals surface area contributed by atoms with Crippen molar-refractivity contribution in [1.82, 2.24) is 10.4 Å². The van der Waals surface area contributed by atoms with Crippen LogP contribution in [0.2, 0.25) is 0 Å². The van der Waals surface area contributed by atoms with Crippen LogP contribution in [0.25, 0.3) is 0 Å². The highest BCUT2D eigenvalue weighted by molar-refractivity contribution is 5.71. The summed E-state index contributed by atoms with van der Waals surface area (Å²) in [6.45, 7) is 0. The quantitative estimate of drug-likeness (QED) is 0.792. The summed E-state index contributed by atoms with van der Waals surface area (Å²) in [6.07, 6.45) is 2.65. The summed E-state index contributed by atoms with van der Waals surface area (Å²) >= 11 is 0. The van der Waals surface area contributed by atoms with Gasteiger partial charge in [-0.1, -0.05) is 18.2 Å². The fourth-order valence-electron chi connectivity index (χ4n) is 1.18. The number of anilines is 1. The van der Waals surface area contributed by atoms with Crippen molar-refractivity contribution in [3.05, 3.63) is 54.9 Å². The van der Waals surface area contributed by atoms with E-state index >= 15 is 0 Å². The molecule has 0 saturated carbocycles. The summed E-state index contributed by atoms with van der Waals surface area (Å²) in [7, 11) is 0. The zero-order chi connectivity index (χ0) is 11.9. The number of hydrogen-bond donors (Lipinski definition) is 2. The van der Waals surface area contributed by atoms with Gasteiger partial charge in [-0.2, -0.15) is 0 Å². The normalized spacial score (nSPS) is 9.41. The van der Waals surface area contributed by atoms with Gasteiger partial charge in [0.25, 0.3) is 0 Å². The van der Waals surface area contributed by atoms with E-state index in [9.17, 15) is 4.79 Å². The van der Waals surface area contributed by atoms with Gasteiger partial charge in [-0.05, 0) is 24.3 Å². The van der Waals surface area contributed by atoms with Crippen LogP contribution in [-0.2, 0) is 0 Å². The van der Waals surface area contributed by atoms with E-state index in [1.54, 1.807) is 48.8 Å². The molecule has 1 heterocycles. The van der Waals surface area contributed by atoms with Gasteiger partial charge in [-0.25, -0.2) is 10.2 Å². The molecule has 0 aliphatic rings. The van der Waals surface area contributed by atoms with Gasteiger partial charge >= 0.3 is 6.09 Å². The number of nitrogens with one attached hydrogen (secondary N) is 2. The lowest BCUT2D eigenvalue weighted by molar-refractivity contribution is 0.203. The van der Waals surface area contributed by atoms with Crippen LogP contribution in [-0.4, -0.2) is 11.1 Å². The van der Waals surface area contributed by atoms with Gasteiger partial charge in [-0.15, -0.1) is 0 Å². The lowest BCUT2D eigenvalue weighted by atomic mass is 10.3. The van der Waals surface area contributed by atoms with Crippen molar-refractivity contribution < 1.29 is 9.53 Å². The Morgan fingerprint density at radius 3 is 2.65 bits per heavy atom. The monoisotopic (exact) mass is 229 g/mol. The number of nitrogens with zero attached hydrogens (tertiary/aromatic N) is 1. The fourth-order valence-corrected chi connectivity index (χ4v) is 1.18. The minimum Gasteiger partial charge on any atom is -0.409 e. The highest BCUT2D eigenvalue weighted by atomic mass is 16.6. The molecule has 2 N–H and O–H groups in total. The number of aromatic nitrogens is 1. The van der Waals surface area contributed by atoms with E-state index in [0.717, 1.165) is 0 Å². The van der Waals surface area contributed by atoms with Gasteiger partial charge in [0.2, 0.25) is 0 Å². The number of para-hydroxylation sites is 1. The molecule has 0 atom stereocenters. The first-order chi connectivity index (χ1) is 8.34. The molecule has 2 rings (SSSR count). The molecule has 5 heteroatoms. The van der Waals surface area contributed by atoms with Crippen molar-refractivity contribution in [2.45, 2.75) is 0 Å². The van der Waals surface area contributed by atoms with Crippen molar-refractivity contribution >= 4 is 11.8 Å². The number of carbonyl (C=O) groups excluding carboxylic acids is 1. The lowest BCUT2D eigenvalue weighted by Crippen LogP contribution is -2.32. The van der Waals surface area contributed by atoms with E-state index in [4.69, 9.17) is 4.74 Å². The largest absolute Gasteiger partial charge is 0.431 e. The van der Waals surface area contributed by atoms with Crippen LogP contribution in [0.5, 0.6) is 5.75 Å². The molecule has 0 bridgehead atoms. The molecule has 0 aliphatic carbocycles. The topological polar surface area (TPSA) is 63.2 Å². The third-order valence-electron chi connectivity index (χ3n) is 1.92. The molecule has 17 heavy (non-hydrogen) atoms. The Bertz CT molecular complexity index is 474. The van der Waals surface area contributed by atoms with Crippen LogP contribution < -0.4 is 15.6 Å². The van der Waals surface area contributed by atoms with E-state index in [0.29, 0.717) is 11.4 Å². The summed E-state index contributed by atoms with van der Waals surface area (Å²) < 4.78 is 5.00. The number of ether oxygens (including phenoxy) is 1. The van der Waals surface area contributed by atoms with Gasteiger partial charge in [0.05, 0.1) is 11.9 Å². The van der Waals surface area contributed by atoms with Crippen LogP contribution in [0.15, 0.2) is 54.9 Å². The van der Waals surface area contributed by atoms with Gasteiger partial charge in [-0.3, -0.25) is 10.4 Å². The molecule has 5 nitrogen and oxygen atoms in total. The van der Waals surface area contributed by atoms with Gasteiger partial charge < -0.3 is 4.74 Å². The minimum absolute atomic E-state index is 0.484. The highest BCUT2D eigenvalue weighted by Crippen LogP contribution is 2.08. The number of hydrogen-bond acceptors (Lipinski definition) is 4. The second kappa shape index (κ2) is 5.50. The molecule has 0 radical (unpaired) electrons. The highest BCUT2D eigenvalue weighted by Gasteiger charge is 2.02. The van der Waals surface area contributed by atoms with Crippen molar-refractivity contribution in [2.75, 3.05) is 5.43 Å². The molecule has 0 aliphatic heterocycles. The molecule has 86 valence electrons. The second-order valence-electron chi connectivity index (χ2n) is 3.19. The van der Waals surface area contributed by atoms with E-state index in [1.807, 2.05) is 6.07 Å². The Hall–Kier alpha value is -2.56. The zero-order valence-corrected chi connectivity index (χ0v) is 8.96. The summed E-state index contributed by atoms with van der Waals surface area (Å²) in [6, 6.07) is 12.3. The standard InChI is InChI=1S/C12H11N3O2/c16-12(17-11-6-2-1-3-7-11)15-14-10-5-4-8-13-9-10/h1-9,14H,(H,15,16). The smallest absolute Gasteiger partial charge is 0.409 e. The minimum atomic E-state index is -0.583. The van der Waals surface area contributed by atoms with E-state index in [2.05, 4.69) is 15.8 Å². The SMILES string of the molecule is O=C(NNc1cccnc1)Oc1ccccc1. The molecular weight excluding hydrogens is 218 g/mol. The molecule has 0 unspecified atom stereocenters. The fraction of sp³-hybridized carbons (Fsp3) is 0. The Balaban J connectivity index is 1.83. The maximum Gasteiger partial charge on any atom is 0.431 e. The third-order valence-corrected chi connectivity index (χ3v) is 1.92. The first kappa shape index (κ1) is 10.9. The Kier molecular flexibility index (Phi) is 3.54.